The van der Waals surface area contributed by atoms with E-state index < -0.39 is 0 Å². The summed E-state index contributed by atoms with van der Waals surface area (Å²) in [6.07, 6.45) is 7.64. The molecule has 8 heteroatoms. The highest BCUT2D eigenvalue weighted by atomic mass is 127. The van der Waals surface area contributed by atoms with Crippen molar-refractivity contribution < 1.29 is 23.7 Å². The number of ether oxygens (including phenoxy) is 4. The highest BCUT2D eigenvalue weighted by Gasteiger charge is 2.12. The maximum atomic E-state index is 12.4. The molecule has 0 spiro atoms. The van der Waals surface area contributed by atoms with Crippen LogP contribution in [-0.4, -0.2) is 39.6 Å². The third-order valence-corrected chi connectivity index (χ3v) is 4.62. The number of nitrogens with zero attached hydrogens (tertiary/aromatic N) is 1. The van der Waals surface area contributed by atoms with Gasteiger partial charge in [0.15, 0.2) is 23.0 Å². The lowest BCUT2D eigenvalue weighted by Gasteiger charge is -2.12. The highest BCUT2D eigenvalue weighted by Crippen LogP contribution is 2.33. The van der Waals surface area contributed by atoms with Crippen LogP contribution in [-0.2, 0) is 0 Å². The Morgan fingerprint density at radius 1 is 1.17 bits per heavy atom. The van der Waals surface area contributed by atoms with Crippen LogP contribution in [0.4, 0.5) is 0 Å². The molecule has 1 amide bonds. The second-order valence-electron chi connectivity index (χ2n) is 5.94. The van der Waals surface area contributed by atoms with Crippen molar-refractivity contribution >= 4 is 34.7 Å². The van der Waals surface area contributed by atoms with Crippen LogP contribution in [0.5, 0.6) is 23.0 Å². The van der Waals surface area contributed by atoms with Gasteiger partial charge in [-0.2, -0.15) is 5.10 Å². The number of carbonyl (C=O) groups is 1. The minimum Gasteiger partial charge on any atom is -0.493 e. The number of hydrogen-bond donors (Lipinski definition) is 1. The van der Waals surface area contributed by atoms with Crippen molar-refractivity contribution in [3.63, 3.8) is 0 Å². The SMILES string of the molecule is C#CCOc1c(I)cc(/C=N/NC(=O)c2ccc(OCCC)c(OC)c2)cc1OC. The fraction of sp³-hybridized carbons (Fsp3) is 0.273. The molecule has 0 heterocycles. The van der Waals surface area contributed by atoms with Gasteiger partial charge in [-0.25, -0.2) is 5.43 Å². The van der Waals surface area contributed by atoms with Crippen molar-refractivity contribution in [2.45, 2.75) is 13.3 Å². The van der Waals surface area contributed by atoms with E-state index in [2.05, 4.69) is 39.0 Å². The van der Waals surface area contributed by atoms with E-state index in [1.54, 1.807) is 24.3 Å². The zero-order valence-electron chi connectivity index (χ0n) is 17.0. The van der Waals surface area contributed by atoms with Gasteiger partial charge in [0.1, 0.15) is 6.61 Å². The lowest BCUT2D eigenvalue weighted by atomic mass is 10.2. The van der Waals surface area contributed by atoms with E-state index in [1.165, 1.54) is 20.4 Å². The van der Waals surface area contributed by atoms with Crippen LogP contribution < -0.4 is 24.4 Å². The molecule has 0 aliphatic carbocycles. The van der Waals surface area contributed by atoms with Crippen molar-refractivity contribution in [2.75, 3.05) is 27.4 Å². The van der Waals surface area contributed by atoms with E-state index in [4.69, 9.17) is 25.4 Å². The van der Waals surface area contributed by atoms with Crippen LogP contribution >= 0.6 is 22.6 Å². The van der Waals surface area contributed by atoms with Gasteiger partial charge < -0.3 is 18.9 Å². The van der Waals surface area contributed by atoms with Crippen molar-refractivity contribution in [3.8, 4) is 35.3 Å². The van der Waals surface area contributed by atoms with Crippen LogP contribution in [0.25, 0.3) is 0 Å². The molecule has 7 nitrogen and oxygen atoms in total. The number of rotatable bonds is 10. The molecule has 0 aliphatic rings. The number of benzene rings is 2. The quantitative estimate of drug-likeness (QED) is 0.222. The largest absolute Gasteiger partial charge is 0.493 e. The zero-order chi connectivity index (χ0) is 21.9. The molecule has 0 aliphatic heterocycles. The number of methoxy groups -OCH3 is 2. The van der Waals surface area contributed by atoms with Crippen LogP contribution in [0.1, 0.15) is 29.3 Å². The summed E-state index contributed by atoms with van der Waals surface area (Å²) in [5.74, 6) is 4.22. The summed E-state index contributed by atoms with van der Waals surface area (Å²) in [6, 6.07) is 8.55. The van der Waals surface area contributed by atoms with Gasteiger partial charge in [-0.15, -0.1) is 6.42 Å². The number of hydrazone groups is 1. The molecule has 0 saturated carbocycles. The maximum Gasteiger partial charge on any atom is 0.271 e. The van der Waals surface area contributed by atoms with Gasteiger partial charge in [-0.1, -0.05) is 12.8 Å². The molecule has 2 aromatic rings. The molecule has 158 valence electrons. The van der Waals surface area contributed by atoms with Gasteiger partial charge >= 0.3 is 0 Å². The van der Waals surface area contributed by atoms with Crippen LogP contribution in [0, 0.1) is 15.9 Å². The fourth-order valence-corrected chi connectivity index (χ4v) is 3.22. The van der Waals surface area contributed by atoms with Crippen molar-refractivity contribution in [3.05, 3.63) is 45.0 Å². The number of terminal acetylenes is 1. The summed E-state index contributed by atoms with van der Waals surface area (Å²) in [7, 11) is 3.07. The number of carbonyl (C=O) groups excluding carboxylic acids is 1. The molecule has 0 unspecified atom stereocenters. The molecule has 0 aromatic heterocycles. The number of halogens is 1. The van der Waals surface area contributed by atoms with Gasteiger partial charge in [0, 0.05) is 5.56 Å². The minimum absolute atomic E-state index is 0.140. The summed E-state index contributed by atoms with van der Waals surface area (Å²) in [5.41, 5.74) is 3.63. The van der Waals surface area contributed by atoms with Crippen molar-refractivity contribution in [2.24, 2.45) is 5.10 Å². The first kappa shape index (κ1) is 23.3. The predicted octanol–water partition coefficient (Wildman–Crippen LogP) is 3.87. The monoisotopic (exact) mass is 522 g/mol. The Balaban J connectivity index is 2.10. The molecule has 0 bridgehead atoms. The Morgan fingerprint density at radius 3 is 2.60 bits per heavy atom. The summed E-state index contributed by atoms with van der Waals surface area (Å²) < 4.78 is 22.6. The Bertz CT molecular complexity index is 953. The average molecular weight is 522 g/mol. The van der Waals surface area contributed by atoms with Gasteiger partial charge in [-0.3, -0.25) is 4.79 Å². The average Bonchev–Trinajstić information content (AvgIpc) is 2.76. The van der Waals surface area contributed by atoms with E-state index in [0.717, 1.165) is 15.6 Å². The van der Waals surface area contributed by atoms with Gasteiger partial charge in [0.2, 0.25) is 0 Å². The van der Waals surface area contributed by atoms with Crippen LogP contribution in [0.3, 0.4) is 0 Å². The predicted molar refractivity (Wildman–Crippen MR) is 124 cm³/mol. The Morgan fingerprint density at radius 2 is 1.93 bits per heavy atom. The zero-order valence-corrected chi connectivity index (χ0v) is 19.2. The second kappa shape index (κ2) is 11.9. The first-order valence-electron chi connectivity index (χ1n) is 9.12. The Labute approximate surface area is 189 Å². The molecular formula is C22H23IN2O5. The van der Waals surface area contributed by atoms with Gasteiger partial charge in [0.05, 0.1) is 30.6 Å². The fourth-order valence-electron chi connectivity index (χ4n) is 2.44. The van der Waals surface area contributed by atoms with Crippen LogP contribution in [0.15, 0.2) is 35.4 Å². The molecule has 2 rings (SSSR count). The van der Waals surface area contributed by atoms with E-state index in [0.29, 0.717) is 35.2 Å². The maximum absolute atomic E-state index is 12.4. The second-order valence-corrected chi connectivity index (χ2v) is 7.10. The summed E-state index contributed by atoms with van der Waals surface area (Å²) >= 11 is 2.12. The summed E-state index contributed by atoms with van der Waals surface area (Å²) in [6.45, 7) is 2.73. The molecule has 30 heavy (non-hydrogen) atoms. The third kappa shape index (κ3) is 6.29. The summed E-state index contributed by atoms with van der Waals surface area (Å²) in [4.78, 5) is 12.4. The number of nitrogens with one attached hydrogen (secondary N) is 1. The van der Waals surface area contributed by atoms with E-state index in [-0.39, 0.29) is 12.5 Å². The van der Waals surface area contributed by atoms with Crippen molar-refractivity contribution in [1.29, 1.82) is 0 Å². The molecule has 0 fully saturated rings. The molecule has 2 aromatic carbocycles. The molecule has 0 atom stereocenters. The topological polar surface area (TPSA) is 78.4 Å². The Kier molecular flexibility index (Phi) is 9.28. The molecular weight excluding hydrogens is 499 g/mol. The van der Waals surface area contributed by atoms with E-state index in [9.17, 15) is 4.79 Å². The number of amides is 1. The first-order chi connectivity index (χ1) is 14.5. The smallest absolute Gasteiger partial charge is 0.271 e. The third-order valence-electron chi connectivity index (χ3n) is 3.82. The Hall–Kier alpha value is -2.93. The molecule has 1 N–H and O–H groups in total. The summed E-state index contributed by atoms with van der Waals surface area (Å²) in [5, 5.41) is 4.03. The van der Waals surface area contributed by atoms with E-state index >= 15 is 0 Å². The highest BCUT2D eigenvalue weighted by molar-refractivity contribution is 14.1. The van der Waals surface area contributed by atoms with Crippen molar-refractivity contribution in [1.82, 2.24) is 5.43 Å². The lowest BCUT2D eigenvalue weighted by molar-refractivity contribution is 0.0954. The molecule has 0 radical (unpaired) electrons. The number of hydrogen-bond acceptors (Lipinski definition) is 6. The van der Waals surface area contributed by atoms with Crippen LogP contribution in [0.2, 0.25) is 0 Å². The molecule has 0 saturated heterocycles. The van der Waals surface area contributed by atoms with Gasteiger partial charge in [0.25, 0.3) is 5.91 Å². The normalized spacial score (nSPS) is 10.4. The van der Waals surface area contributed by atoms with E-state index in [1.807, 2.05) is 13.0 Å². The lowest BCUT2D eigenvalue weighted by Crippen LogP contribution is -2.17. The first-order valence-corrected chi connectivity index (χ1v) is 10.2. The standard InChI is InChI=1S/C22H23IN2O5/c1-5-9-29-18-8-7-16(13-19(18)27-3)22(26)25-24-14-15-11-17(23)21(30-10-6-2)20(12-15)28-4/h2,7-8,11-14H,5,9-10H2,1,3-4H3,(H,25,26)/b24-14+. The minimum atomic E-state index is -0.373. The van der Waals surface area contributed by atoms with Gasteiger partial charge in [-0.05, 0) is 64.9 Å².